The van der Waals surface area contributed by atoms with Gasteiger partial charge in [-0.2, -0.15) is 0 Å². The van der Waals surface area contributed by atoms with Crippen molar-refractivity contribution in [2.45, 2.75) is 43.8 Å². The molecule has 0 bridgehead atoms. The molecule has 0 radical (unpaired) electrons. The molecule has 2 amide bonds. The maximum atomic E-state index is 14.4. The highest BCUT2D eigenvalue weighted by molar-refractivity contribution is 6.24. The van der Waals surface area contributed by atoms with E-state index in [1.807, 2.05) is 36.4 Å². The van der Waals surface area contributed by atoms with Crippen LogP contribution in [0.15, 0.2) is 102 Å². The lowest BCUT2D eigenvalue weighted by Crippen LogP contribution is -2.70. The molecule has 1 fully saturated rings. The number of phenols is 1. The third kappa shape index (κ3) is 6.11. The summed E-state index contributed by atoms with van der Waals surface area (Å²) in [7, 11) is 2.84. The molecular weight excluding hydrogens is 700 g/mol. The number of phenolic OH excluding ortho intramolecular Hbond substituents is 1. The van der Waals surface area contributed by atoms with E-state index in [0.717, 1.165) is 10.6 Å². The van der Waals surface area contributed by atoms with Gasteiger partial charge in [-0.3, -0.25) is 19.3 Å². The molecule has 8 N–H and O–H groups in total. The SMILES string of the molecule is C=C(OCc1ccccc1)N(NC(=O)OCc1ccccc1)c1ccc(O)c2c1[C@H](C)[C@@H]1C(=C2O)C(=O)[C@]2(O)C(O)=C(C(N)=O)C(=O)[C@@H](N(C)C)[C@@H]2[C@H]1O. The number of Topliss-reactive ketones (excluding diaryl/α,β-unsaturated/α-hetero) is 2. The summed E-state index contributed by atoms with van der Waals surface area (Å²) in [5.74, 6) is -10.8. The Morgan fingerprint density at radius 2 is 1.50 bits per heavy atom. The molecule has 0 saturated heterocycles. The van der Waals surface area contributed by atoms with Gasteiger partial charge in [-0.1, -0.05) is 67.6 Å². The second kappa shape index (κ2) is 14.3. The minimum absolute atomic E-state index is 0.0163. The summed E-state index contributed by atoms with van der Waals surface area (Å²) < 4.78 is 11.5. The average molecular weight is 741 g/mol. The van der Waals surface area contributed by atoms with E-state index in [1.54, 1.807) is 31.2 Å². The number of hydrogen-bond acceptors (Lipinski definition) is 13. The van der Waals surface area contributed by atoms with Gasteiger partial charge < -0.3 is 40.7 Å². The Morgan fingerprint density at radius 3 is 2.06 bits per heavy atom. The number of rotatable bonds is 10. The standard InChI is InChI=1S/C39H40N4O11/c1-19-25-23(43(20(2)53-17-21-11-7-5-8-12-21)41-38(51)54-18-22-13-9-6-10-14-22)15-16-24(44)27(25)32(45)28-26(19)33(46)30-31(42(3)4)34(47)29(37(40)50)36(49)39(30,52)35(28)48/h5-16,19,26,30-31,33,44-46,49,52H,2,17-18H2,1,3-4H3,(H2,40,50)(H,41,51)/t19-,26+,30+,31-,33-,39-/m0/s1. The van der Waals surface area contributed by atoms with Gasteiger partial charge in [0.15, 0.2) is 11.4 Å². The maximum absolute atomic E-state index is 14.4. The summed E-state index contributed by atoms with van der Waals surface area (Å²) in [5.41, 5.74) is 4.69. The minimum Gasteiger partial charge on any atom is -0.508 e. The molecule has 6 atom stereocenters. The Balaban J connectivity index is 1.48. The van der Waals surface area contributed by atoms with Crippen LogP contribution < -0.4 is 16.2 Å². The second-order valence-corrected chi connectivity index (χ2v) is 13.6. The normalized spacial score (nSPS) is 24.7. The van der Waals surface area contributed by atoms with Crippen LogP contribution in [0.1, 0.15) is 35.1 Å². The number of amides is 2. The number of nitrogens with zero attached hydrogens (tertiary/aromatic N) is 2. The molecule has 0 aromatic heterocycles. The molecule has 282 valence electrons. The van der Waals surface area contributed by atoms with Crippen LogP contribution in [-0.2, 0) is 37.1 Å². The highest BCUT2D eigenvalue weighted by Gasteiger charge is 2.68. The number of hydrogen-bond donors (Lipinski definition) is 7. The zero-order chi connectivity index (χ0) is 39.2. The first-order valence-electron chi connectivity index (χ1n) is 16.9. The molecule has 3 aromatic carbocycles. The molecular formula is C39H40N4O11. The number of benzene rings is 3. The Bertz CT molecular complexity index is 2100. The highest BCUT2D eigenvalue weighted by Crippen LogP contribution is 2.57. The number of aliphatic hydroxyl groups excluding tert-OH is 3. The summed E-state index contributed by atoms with van der Waals surface area (Å²) in [6.45, 7) is 5.51. The summed E-state index contributed by atoms with van der Waals surface area (Å²) in [4.78, 5) is 54.9. The van der Waals surface area contributed by atoms with Gasteiger partial charge in [-0.25, -0.2) is 15.2 Å². The van der Waals surface area contributed by atoms with Gasteiger partial charge >= 0.3 is 6.09 Å². The molecule has 0 unspecified atom stereocenters. The first-order chi connectivity index (χ1) is 25.6. The Hall–Kier alpha value is -6.16. The van der Waals surface area contributed by atoms with Gasteiger partial charge in [0, 0.05) is 11.5 Å². The summed E-state index contributed by atoms with van der Waals surface area (Å²) >= 11 is 0. The fraction of sp³-hybridized carbons (Fsp3) is 0.282. The Labute approximate surface area is 309 Å². The van der Waals surface area contributed by atoms with Crippen molar-refractivity contribution < 1.29 is 54.2 Å². The van der Waals surface area contributed by atoms with E-state index in [1.165, 1.54) is 31.1 Å². The number of hydrazine groups is 1. The van der Waals surface area contributed by atoms with E-state index in [4.69, 9.17) is 15.2 Å². The third-order valence-electron chi connectivity index (χ3n) is 10.2. The lowest BCUT2D eigenvalue weighted by Gasteiger charge is -2.54. The van der Waals surface area contributed by atoms with E-state index in [9.17, 15) is 44.7 Å². The molecule has 0 heterocycles. The molecule has 0 spiro atoms. The predicted molar refractivity (Wildman–Crippen MR) is 193 cm³/mol. The lowest BCUT2D eigenvalue weighted by atomic mass is 9.54. The number of fused-ring (bicyclic) bond motifs is 3. The second-order valence-electron chi connectivity index (χ2n) is 13.6. The van der Waals surface area contributed by atoms with Crippen LogP contribution >= 0.6 is 0 Å². The number of ketones is 2. The van der Waals surface area contributed by atoms with Crippen molar-refractivity contribution in [1.29, 1.82) is 0 Å². The number of nitrogens with two attached hydrogens (primary N) is 1. The van der Waals surface area contributed by atoms with Crippen LogP contribution in [0.4, 0.5) is 10.5 Å². The van der Waals surface area contributed by atoms with Crippen LogP contribution in [0.5, 0.6) is 5.75 Å². The fourth-order valence-electron chi connectivity index (χ4n) is 7.78. The molecule has 1 saturated carbocycles. The summed E-state index contributed by atoms with van der Waals surface area (Å²) in [6, 6.07) is 19.0. The average Bonchev–Trinajstić information content (AvgIpc) is 3.14. The molecule has 6 rings (SSSR count). The van der Waals surface area contributed by atoms with Crippen molar-refractivity contribution in [2.75, 3.05) is 19.1 Å². The van der Waals surface area contributed by atoms with E-state index < -0.39 is 87.5 Å². The molecule has 3 aromatic rings. The van der Waals surface area contributed by atoms with Crippen LogP contribution in [0, 0.1) is 11.8 Å². The van der Waals surface area contributed by atoms with Crippen molar-refractivity contribution in [2.24, 2.45) is 17.6 Å². The third-order valence-corrected chi connectivity index (χ3v) is 10.2. The minimum atomic E-state index is -3.08. The lowest BCUT2D eigenvalue weighted by molar-refractivity contribution is -0.169. The van der Waals surface area contributed by atoms with Crippen molar-refractivity contribution in [3.8, 4) is 5.75 Å². The molecule has 3 aliphatic rings. The number of primary amides is 1. The number of carbonyl (C=O) groups is 4. The van der Waals surface area contributed by atoms with Crippen molar-refractivity contribution in [3.63, 3.8) is 0 Å². The first kappa shape index (κ1) is 37.6. The van der Waals surface area contributed by atoms with Crippen molar-refractivity contribution in [3.05, 3.63) is 124 Å². The van der Waals surface area contributed by atoms with E-state index in [-0.39, 0.29) is 35.9 Å². The van der Waals surface area contributed by atoms with E-state index >= 15 is 0 Å². The number of aliphatic hydroxyl groups is 4. The quantitative estimate of drug-likeness (QED) is 0.0902. The topological polar surface area (TPSA) is 232 Å². The summed E-state index contributed by atoms with van der Waals surface area (Å²) in [5, 5.41) is 59.5. The Kier molecular flexibility index (Phi) is 9.98. The van der Waals surface area contributed by atoms with Gasteiger partial charge in [0.25, 0.3) is 5.91 Å². The number of aromatic hydroxyl groups is 1. The van der Waals surface area contributed by atoms with Gasteiger partial charge in [0.05, 0.1) is 29.3 Å². The van der Waals surface area contributed by atoms with Crippen LogP contribution in [0.3, 0.4) is 0 Å². The monoisotopic (exact) mass is 740 g/mol. The predicted octanol–water partition coefficient (Wildman–Crippen LogP) is 2.83. The highest BCUT2D eigenvalue weighted by atomic mass is 16.6. The first-order valence-corrected chi connectivity index (χ1v) is 16.9. The fourth-order valence-corrected chi connectivity index (χ4v) is 7.78. The number of anilines is 1. The zero-order valence-corrected chi connectivity index (χ0v) is 29.6. The summed E-state index contributed by atoms with van der Waals surface area (Å²) in [6.07, 6.45) is -2.78. The van der Waals surface area contributed by atoms with Gasteiger partial charge in [0.2, 0.25) is 11.7 Å². The number of nitrogens with one attached hydrogen (secondary N) is 1. The van der Waals surface area contributed by atoms with Crippen molar-refractivity contribution >= 4 is 35.0 Å². The van der Waals surface area contributed by atoms with E-state index in [2.05, 4.69) is 12.0 Å². The Morgan fingerprint density at radius 1 is 0.926 bits per heavy atom. The van der Waals surface area contributed by atoms with E-state index in [0.29, 0.717) is 5.56 Å². The maximum Gasteiger partial charge on any atom is 0.426 e. The van der Waals surface area contributed by atoms with Crippen LogP contribution in [0.25, 0.3) is 5.76 Å². The zero-order valence-electron chi connectivity index (χ0n) is 29.6. The van der Waals surface area contributed by atoms with Gasteiger partial charge in [0.1, 0.15) is 36.1 Å². The van der Waals surface area contributed by atoms with Gasteiger partial charge in [-0.05, 0) is 55.4 Å². The van der Waals surface area contributed by atoms with Crippen LogP contribution in [0.2, 0.25) is 0 Å². The molecule has 54 heavy (non-hydrogen) atoms. The van der Waals surface area contributed by atoms with Crippen molar-refractivity contribution in [1.82, 2.24) is 10.3 Å². The number of likely N-dealkylation sites (N-methyl/N-ethyl adjacent to an activating group) is 1. The molecule has 15 heteroatoms. The number of ether oxygens (including phenoxy) is 2. The molecule has 15 nitrogen and oxygen atoms in total. The molecule has 3 aliphatic carbocycles. The number of carbonyl (C=O) groups excluding carboxylic acids is 4. The van der Waals surface area contributed by atoms with Crippen LogP contribution in [-0.4, -0.2) is 85.8 Å². The largest absolute Gasteiger partial charge is 0.508 e. The molecule has 0 aliphatic heterocycles. The smallest absolute Gasteiger partial charge is 0.426 e. The van der Waals surface area contributed by atoms with Gasteiger partial charge in [-0.15, -0.1) is 0 Å².